The van der Waals surface area contributed by atoms with Crippen molar-refractivity contribution < 1.29 is 22.7 Å². The van der Waals surface area contributed by atoms with Gasteiger partial charge >= 0.3 is 6.18 Å². The Morgan fingerprint density at radius 3 is 2.33 bits per heavy atom. The largest absolute Gasteiger partial charge is 0.411 e. The van der Waals surface area contributed by atoms with Crippen molar-refractivity contribution >= 4 is 5.91 Å². The third-order valence-corrected chi connectivity index (χ3v) is 1.93. The minimum Gasteiger partial charge on any atom is -0.362 e. The molecule has 0 fully saturated rings. The van der Waals surface area contributed by atoms with Gasteiger partial charge < -0.3 is 15.8 Å². The number of rotatable bonds is 6. The van der Waals surface area contributed by atoms with E-state index in [-0.39, 0.29) is 18.0 Å². The Hall–Kier alpha value is -0.820. The monoisotopic (exact) mass is 270 g/mol. The van der Waals surface area contributed by atoms with Crippen molar-refractivity contribution in [2.24, 2.45) is 11.1 Å². The average molecular weight is 270 g/mol. The van der Waals surface area contributed by atoms with Crippen LogP contribution in [0.5, 0.6) is 0 Å². The molecule has 18 heavy (non-hydrogen) atoms. The van der Waals surface area contributed by atoms with Gasteiger partial charge in [-0.1, -0.05) is 20.8 Å². The zero-order chi connectivity index (χ0) is 14.4. The maximum absolute atomic E-state index is 11.7. The highest BCUT2D eigenvalue weighted by molar-refractivity contribution is 5.77. The van der Waals surface area contributed by atoms with E-state index in [9.17, 15) is 18.0 Å². The molecule has 0 bridgehead atoms. The van der Waals surface area contributed by atoms with Gasteiger partial charge in [0.15, 0.2) is 0 Å². The maximum Gasteiger partial charge on any atom is 0.411 e. The molecule has 0 aliphatic rings. The van der Waals surface area contributed by atoms with E-state index in [1.54, 1.807) is 0 Å². The first-order valence-corrected chi connectivity index (χ1v) is 5.66. The lowest BCUT2D eigenvalue weighted by Crippen LogP contribution is -2.41. The van der Waals surface area contributed by atoms with Crippen LogP contribution in [0.4, 0.5) is 13.2 Å². The van der Waals surface area contributed by atoms with Gasteiger partial charge in [0.1, 0.15) is 13.2 Å². The quantitative estimate of drug-likeness (QED) is 0.767. The van der Waals surface area contributed by atoms with Crippen LogP contribution in [0.2, 0.25) is 0 Å². The van der Waals surface area contributed by atoms with Gasteiger partial charge in [-0.05, 0) is 11.8 Å². The van der Waals surface area contributed by atoms with Crippen molar-refractivity contribution in [2.75, 3.05) is 19.8 Å². The second-order valence-corrected chi connectivity index (χ2v) is 5.44. The van der Waals surface area contributed by atoms with Crippen LogP contribution in [0.15, 0.2) is 0 Å². The zero-order valence-corrected chi connectivity index (χ0v) is 10.9. The number of ether oxygens (including phenoxy) is 1. The minimum absolute atomic E-state index is 0.0386. The summed E-state index contributed by atoms with van der Waals surface area (Å²) in [5.41, 5.74) is 5.81. The summed E-state index contributed by atoms with van der Waals surface area (Å²) in [5, 5.41) is 2.43. The van der Waals surface area contributed by atoms with E-state index in [1.165, 1.54) is 0 Å². The minimum atomic E-state index is -4.41. The number of carbonyl (C=O) groups is 1. The van der Waals surface area contributed by atoms with Crippen molar-refractivity contribution in [1.82, 2.24) is 5.32 Å². The number of amides is 1. The van der Waals surface area contributed by atoms with E-state index in [2.05, 4.69) is 10.1 Å². The lowest BCUT2D eigenvalue weighted by molar-refractivity contribution is -0.175. The molecule has 108 valence electrons. The predicted octanol–water partition coefficient (Wildman–Crippen LogP) is 1.45. The Morgan fingerprint density at radius 1 is 1.33 bits per heavy atom. The first kappa shape index (κ1) is 17.2. The van der Waals surface area contributed by atoms with Crippen LogP contribution in [-0.4, -0.2) is 37.9 Å². The van der Waals surface area contributed by atoms with E-state index < -0.39 is 25.3 Å². The number of halogens is 3. The van der Waals surface area contributed by atoms with Crippen molar-refractivity contribution in [3.63, 3.8) is 0 Å². The molecular formula is C11H21F3N2O2. The summed E-state index contributed by atoms with van der Waals surface area (Å²) in [7, 11) is 0. The van der Waals surface area contributed by atoms with Gasteiger partial charge in [-0.2, -0.15) is 13.2 Å². The van der Waals surface area contributed by atoms with Crippen LogP contribution in [0.25, 0.3) is 0 Å². The second kappa shape index (κ2) is 6.94. The standard InChI is InChI=1S/C11H21F3N2O2/c1-10(2,3)4-8(15)5-16-9(17)6-18-7-11(12,13)14/h8H,4-7,15H2,1-3H3,(H,16,17). The van der Waals surface area contributed by atoms with Crippen molar-refractivity contribution in [3.05, 3.63) is 0 Å². The fraction of sp³-hybridized carbons (Fsp3) is 0.909. The van der Waals surface area contributed by atoms with Crippen LogP contribution in [0.1, 0.15) is 27.2 Å². The van der Waals surface area contributed by atoms with Crippen LogP contribution < -0.4 is 11.1 Å². The van der Waals surface area contributed by atoms with Gasteiger partial charge in [-0.3, -0.25) is 4.79 Å². The van der Waals surface area contributed by atoms with Gasteiger partial charge in [0.05, 0.1) is 0 Å². The molecule has 0 radical (unpaired) electrons. The average Bonchev–Trinajstić information content (AvgIpc) is 2.09. The molecule has 0 aromatic rings. The molecule has 7 heteroatoms. The number of hydrogen-bond donors (Lipinski definition) is 2. The molecule has 0 spiro atoms. The van der Waals surface area contributed by atoms with Gasteiger partial charge in [-0.15, -0.1) is 0 Å². The first-order chi connectivity index (χ1) is 7.99. The van der Waals surface area contributed by atoms with E-state index in [1.807, 2.05) is 20.8 Å². The maximum atomic E-state index is 11.7. The van der Waals surface area contributed by atoms with Crippen LogP contribution >= 0.6 is 0 Å². The van der Waals surface area contributed by atoms with Gasteiger partial charge in [-0.25, -0.2) is 0 Å². The fourth-order valence-electron chi connectivity index (χ4n) is 1.41. The highest BCUT2D eigenvalue weighted by Crippen LogP contribution is 2.19. The number of alkyl halides is 3. The van der Waals surface area contributed by atoms with E-state index in [4.69, 9.17) is 5.73 Å². The van der Waals surface area contributed by atoms with Gasteiger partial charge in [0, 0.05) is 12.6 Å². The van der Waals surface area contributed by atoms with E-state index in [0.717, 1.165) is 0 Å². The highest BCUT2D eigenvalue weighted by atomic mass is 19.4. The molecule has 0 aromatic heterocycles. The summed E-state index contributed by atoms with van der Waals surface area (Å²) in [4.78, 5) is 11.1. The number of hydrogen-bond acceptors (Lipinski definition) is 3. The lowest BCUT2D eigenvalue weighted by Gasteiger charge is -2.23. The summed E-state index contributed by atoms with van der Waals surface area (Å²) >= 11 is 0. The van der Waals surface area contributed by atoms with E-state index >= 15 is 0 Å². The smallest absolute Gasteiger partial charge is 0.362 e. The fourth-order valence-corrected chi connectivity index (χ4v) is 1.41. The Balaban J connectivity index is 3.71. The summed E-state index contributed by atoms with van der Waals surface area (Å²) in [6.07, 6.45) is -3.71. The molecule has 1 unspecified atom stereocenters. The topological polar surface area (TPSA) is 64.3 Å². The SMILES string of the molecule is CC(C)(C)CC(N)CNC(=O)COCC(F)(F)F. The van der Waals surface area contributed by atoms with Crippen molar-refractivity contribution in [1.29, 1.82) is 0 Å². The third-order valence-electron chi connectivity index (χ3n) is 1.93. The Bertz CT molecular complexity index is 262. The molecule has 4 nitrogen and oxygen atoms in total. The molecule has 1 atom stereocenters. The molecule has 1 amide bonds. The van der Waals surface area contributed by atoms with Crippen LogP contribution in [0.3, 0.4) is 0 Å². The molecule has 0 rings (SSSR count). The molecule has 0 heterocycles. The Morgan fingerprint density at radius 2 is 1.89 bits per heavy atom. The summed E-state index contributed by atoms with van der Waals surface area (Å²) < 4.78 is 39.4. The molecule has 3 N–H and O–H groups in total. The Kier molecular flexibility index (Phi) is 6.62. The molecular weight excluding hydrogens is 249 g/mol. The molecule has 0 aliphatic heterocycles. The predicted molar refractivity (Wildman–Crippen MR) is 61.9 cm³/mol. The lowest BCUT2D eigenvalue weighted by atomic mass is 9.88. The normalized spacial score (nSPS) is 14.4. The van der Waals surface area contributed by atoms with Crippen molar-refractivity contribution in [2.45, 2.75) is 39.4 Å². The third kappa shape index (κ3) is 11.7. The molecule has 0 saturated heterocycles. The summed E-state index contributed by atoms with van der Waals surface area (Å²) in [6, 6.07) is -0.225. The highest BCUT2D eigenvalue weighted by Gasteiger charge is 2.27. The number of carbonyl (C=O) groups excluding carboxylic acids is 1. The van der Waals surface area contributed by atoms with Gasteiger partial charge in [0.25, 0.3) is 0 Å². The molecule has 0 aliphatic carbocycles. The number of nitrogens with two attached hydrogens (primary N) is 1. The molecule has 0 aromatic carbocycles. The van der Waals surface area contributed by atoms with Crippen LogP contribution in [-0.2, 0) is 9.53 Å². The number of nitrogens with one attached hydrogen (secondary N) is 1. The second-order valence-electron chi connectivity index (χ2n) is 5.44. The van der Waals surface area contributed by atoms with Gasteiger partial charge in [0.2, 0.25) is 5.91 Å². The zero-order valence-electron chi connectivity index (χ0n) is 10.9. The molecule has 0 saturated carbocycles. The summed E-state index contributed by atoms with van der Waals surface area (Å²) in [6.45, 7) is 4.24. The van der Waals surface area contributed by atoms with Crippen molar-refractivity contribution in [3.8, 4) is 0 Å². The van der Waals surface area contributed by atoms with Crippen LogP contribution in [0, 0.1) is 5.41 Å². The van der Waals surface area contributed by atoms with E-state index in [0.29, 0.717) is 6.42 Å². The first-order valence-electron chi connectivity index (χ1n) is 5.66. The summed E-state index contributed by atoms with van der Waals surface area (Å²) in [5.74, 6) is -0.594. The Labute approximate surface area is 105 Å².